The third kappa shape index (κ3) is 2.93. The Bertz CT molecular complexity index is 906. The van der Waals surface area contributed by atoms with Gasteiger partial charge in [-0.1, -0.05) is 38.1 Å². The van der Waals surface area contributed by atoms with Gasteiger partial charge < -0.3 is 14.8 Å². The summed E-state index contributed by atoms with van der Waals surface area (Å²) in [6.45, 7) is 5.30. The van der Waals surface area contributed by atoms with E-state index < -0.39 is 6.10 Å². The molecule has 0 bridgehead atoms. The Morgan fingerprint density at radius 2 is 2.04 bits per heavy atom. The monoisotopic (exact) mass is 348 g/mol. The van der Waals surface area contributed by atoms with Crippen LogP contribution in [-0.4, -0.2) is 25.2 Å². The normalized spacial score (nSPS) is 17.4. The van der Waals surface area contributed by atoms with Gasteiger partial charge in [-0.25, -0.2) is 0 Å². The summed E-state index contributed by atoms with van der Waals surface area (Å²) in [5, 5.41) is 12.5. The van der Waals surface area contributed by atoms with Crippen LogP contribution in [0.3, 0.4) is 0 Å². The highest BCUT2D eigenvalue weighted by Crippen LogP contribution is 2.42. The second-order valence-corrected chi connectivity index (χ2v) is 6.95. The maximum Gasteiger partial charge on any atom is 0.255 e. The molecule has 2 aromatic carbocycles. The molecule has 5 heteroatoms. The van der Waals surface area contributed by atoms with Gasteiger partial charge in [0.1, 0.15) is 11.8 Å². The van der Waals surface area contributed by atoms with Gasteiger partial charge in [-0.3, -0.25) is 4.79 Å². The number of nitriles is 1. The van der Waals surface area contributed by atoms with Gasteiger partial charge in [-0.15, -0.1) is 0 Å². The van der Waals surface area contributed by atoms with Gasteiger partial charge >= 0.3 is 0 Å². The van der Waals surface area contributed by atoms with E-state index in [1.54, 1.807) is 0 Å². The molecule has 2 aliphatic heterocycles. The lowest BCUT2D eigenvalue weighted by molar-refractivity contribution is -0.117. The Hall–Kier alpha value is -2.84. The van der Waals surface area contributed by atoms with Crippen LogP contribution in [0, 0.1) is 11.3 Å². The molecule has 1 amide bonds. The van der Waals surface area contributed by atoms with E-state index in [9.17, 15) is 10.1 Å². The van der Waals surface area contributed by atoms with Gasteiger partial charge in [0, 0.05) is 17.5 Å². The predicted octanol–water partition coefficient (Wildman–Crippen LogP) is 3.62. The highest BCUT2D eigenvalue weighted by molar-refractivity contribution is 5.98. The van der Waals surface area contributed by atoms with E-state index >= 15 is 0 Å². The summed E-state index contributed by atoms with van der Waals surface area (Å²) in [7, 11) is 0. The van der Waals surface area contributed by atoms with Crippen LogP contribution in [-0.2, 0) is 16.0 Å². The van der Waals surface area contributed by atoms with Crippen molar-refractivity contribution < 1.29 is 14.3 Å². The minimum atomic E-state index is -0.403. The first-order valence-corrected chi connectivity index (χ1v) is 8.84. The van der Waals surface area contributed by atoms with Crippen molar-refractivity contribution in [1.29, 1.82) is 5.26 Å². The molecule has 2 heterocycles. The molecule has 132 valence electrons. The smallest absolute Gasteiger partial charge is 0.255 e. The lowest BCUT2D eigenvalue weighted by Gasteiger charge is -2.15. The second-order valence-electron chi connectivity index (χ2n) is 6.95. The zero-order valence-corrected chi connectivity index (χ0v) is 14.8. The molecule has 0 spiro atoms. The van der Waals surface area contributed by atoms with Crippen LogP contribution in [0.1, 0.15) is 36.5 Å². The van der Waals surface area contributed by atoms with Crippen molar-refractivity contribution in [3.8, 4) is 22.9 Å². The fraction of sp³-hybridized carbons (Fsp3) is 0.333. The number of hydrogen-bond acceptors (Lipinski definition) is 4. The molecule has 26 heavy (non-hydrogen) atoms. The molecule has 1 fully saturated rings. The first-order chi connectivity index (χ1) is 12.6. The van der Waals surface area contributed by atoms with Crippen LogP contribution < -0.4 is 10.1 Å². The number of fused-ring (bicyclic) bond motifs is 1. The molecular formula is C21H20N2O3. The summed E-state index contributed by atoms with van der Waals surface area (Å²) in [5.74, 6) is 1.00. The van der Waals surface area contributed by atoms with E-state index in [4.69, 9.17) is 9.47 Å². The zero-order valence-electron chi connectivity index (χ0n) is 14.8. The van der Waals surface area contributed by atoms with Crippen molar-refractivity contribution in [3.05, 3.63) is 47.0 Å². The maximum atomic E-state index is 12.1. The Balaban J connectivity index is 1.80. The average molecular weight is 348 g/mol. The second kappa shape index (κ2) is 6.47. The van der Waals surface area contributed by atoms with E-state index in [1.807, 2.05) is 6.07 Å². The number of hydrogen-bond donors (Lipinski definition) is 1. The molecule has 5 nitrogen and oxygen atoms in total. The topological polar surface area (TPSA) is 74.7 Å². The molecule has 1 atom stereocenters. The fourth-order valence-electron chi connectivity index (χ4n) is 3.28. The number of nitrogens with one attached hydrogen (secondary N) is 1. The van der Waals surface area contributed by atoms with Gasteiger partial charge in [0.05, 0.1) is 24.5 Å². The van der Waals surface area contributed by atoms with Crippen molar-refractivity contribution in [2.45, 2.75) is 32.3 Å². The van der Waals surface area contributed by atoms with Crippen LogP contribution in [0.2, 0.25) is 0 Å². The molecule has 2 aliphatic rings. The van der Waals surface area contributed by atoms with E-state index in [-0.39, 0.29) is 5.91 Å². The van der Waals surface area contributed by atoms with Gasteiger partial charge in [-0.05, 0) is 23.1 Å². The first-order valence-electron chi connectivity index (χ1n) is 8.84. The molecular weight excluding hydrogens is 328 g/mol. The molecule has 1 unspecified atom stereocenters. The number of nitrogens with zero attached hydrogens (tertiary/aromatic N) is 1. The summed E-state index contributed by atoms with van der Waals surface area (Å²) in [6, 6.07) is 12.4. The van der Waals surface area contributed by atoms with Crippen molar-refractivity contribution >= 4 is 11.6 Å². The number of benzene rings is 2. The standard InChI is InChI=1S/C21H20N2O3/c1-12(2)13-3-5-14(6-4-13)16-9-18(23-21(24)19-11-26-19)17(10-22)15-7-8-25-20(15)16/h3-6,9,12,19H,7-8,11H2,1-2H3,(H,23,24). The average Bonchev–Trinajstić information content (AvgIpc) is 3.39. The molecule has 2 aromatic rings. The Labute approximate surface area is 152 Å². The highest BCUT2D eigenvalue weighted by Gasteiger charge is 2.33. The lowest BCUT2D eigenvalue weighted by Crippen LogP contribution is -2.19. The van der Waals surface area contributed by atoms with Crippen LogP contribution in [0.4, 0.5) is 5.69 Å². The predicted molar refractivity (Wildman–Crippen MR) is 98.3 cm³/mol. The molecule has 0 saturated carbocycles. The summed E-state index contributed by atoms with van der Waals surface area (Å²) >= 11 is 0. The quantitative estimate of drug-likeness (QED) is 0.856. The number of anilines is 1. The zero-order chi connectivity index (χ0) is 18.3. The van der Waals surface area contributed by atoms with Gasteiger partial charge in [-0.2, -0.15) is 5.26 Å². The summed E-state index contributed by atoms with van der Waals surface area (Å²) in [4.78, 5) is 12.1. The van der Waals surface area contributed by atoms with Crippen molar-refractivity contribution in [2.75, 3.05) is 18.5 Å². The Kier molecular flexibility index (Phi) is 4.14. The number of rotatable bonds is 4. The van der Waals surface area contributed by atoms with Gasteiger partial charge in [0.2, 0.25) is 0 Å². The SMILES string of the molecule is CC(C)c1ccc(-c2cc(NC(=O)C3CO3)c(C#N)c3c2OCC3)cc1. The van der Waals surface area contributed by atoms with Gasteiger partial charge in [0.25, 0.3) is 5.91 Å². The lowest BCUT2D eigenvalue weighted by atomic mass is 9.94. The Morgan fingerprint density at radius 3 is 2.65 bits per heavy atom. The van der Waals surface area contributed by atoms with Crippen molar-refractivity contribution in [1.82, 2.24) is 0 Å². The molecule has 4 rings (SSSR count). The van der Waals surface area contributed by atoms with Crippen molar-refractivity contribution in [3.63, 3.8) is 0 Å². The third-order valence-electron chi connectivity index (χ3n) is 4.86. The van der Waals surface area contributed by atoms with Crippen LogP contribution in [0.5, 0.6) is 5.75 Å². The van der Waals surface area contributed by atoms with E-state index in [2.05, 4.69) is 49.5 Å². The minimum absolute atomic E-state index is 0.207. The summed E-state index contributed by atoms with van der Waals surface area (Å²) in [5.41, 5.74) is 5.05. The molecule has 1 N–H and O–H groups in total. The van der Waals surface area contributed by atoms with Crippen LogP contribution in [0.25, 0.3) is 11.1 Å². The van der Waals surface area contributed by atoms with Crippen LogP contribution in [0.15, 0.2) is 30.3 Å². The van der Waals surface area contributed by atoms with E-state index in [1.165, 1.54) is 5.56 Å². The van der Waals surface area contributed by atoms with E-state index in [0.29, 0.717) is 36.8 Å². The Morgan fingerprint density at radius 1 is 1.31 bits per heavy atom. The van der Waals surface area contributed by atoms with Gasteiger partial charge in [0.15, 0.2) is 6.10 Å². The minimum Gasteiger partial charge on any atom is -0.492 e. The number of epoxide rings is 1. The maximum absolute atomic E-state index is 12.1. The van der Waals surface area contributed by atoms with Crippen molar-refractivity contribution in [2.24, 2.45) is 0 Å². The van der Waals surface area contributed by atoms with E-state index in [0.717, 1.165) is 22.4 Å². The number of carbonyl (C=O) groups excluding carboxylic acids is 1. The first kappa shape index (κ1) is 16.6. The highest BCUT2D eigenvalue weighted by atomic mass is 16.6. The largest absolute Gasteiger partial charge is 0.492 e. The molecule has 1 saturated heterocycles. The summed E-state index contributed by atoms with van der Waals surface area (Å²) in [6.07, 6.45) is 0.263. The summed E-state index contributed by atoms with van der Waals surface area (Å²) < 4.78 is 10.9. The number of ether oxygens (including phenoxy) is 2. The number of amides is 1. The fourth-order valence-corrected chi connectivity index (χ4v) is 3.28. The number of carbonyl (C=O) groups is 1. The molecule has 0 radical (unpaired) electrons. The molecule has 0 aliphatic carbocycles. The van der Waals surface area contributed by atoms with Crippen LogP contribution >= 0.6 is 0 Å². The molecule has 0 aromatic heterocycles. The third-order valence-corrected chi connectivity index (χ3v) is 4.86.